The molecule has 4 rings (SSSR count). The van der Waals surface area contributed by atoms with E-state index in [0.717, 1.165) is 5.56 Å². The molecule has 1 aromatic carbocycles. The van der Waals surface area contributed by atoms with Crippen molar-refractivity contribution in [2.45, 2.75) is 63.8 Å². The van der Waals surface area contributed by atoms with Gasteiger partial charge >= 0.3 is 5.97 Å². The molecule has 2 bridgehead atoms. The SMILES string of the molecule is C=CCN(C(=O)C1N([C@@H](CO)C(C)C)C(=O)[C@@H]2[C@@H](C(=O)O)[C@@]3(C)CCC12O3)c1c(C)cccc1Cl. The largest absolute Gasteiger partial charge is 0.481 e. The lowest BCUT2D eigenvalue weighted by Gasteiger charge is -2.41. The number of aryl methyl sites for hydroxylation is 1. The molecule has 2 N–H and O–H groups in total. The summed E-state index contributed by atoms with van der Waals surface area (Å²) in [6.45, 7) is 10.8. The van der Waals surface area contributed by atoms with E-state index in [1.165, 1.54) is 9.80 Å². The van der Waals surface area contributed by atoms with Crippen LogP contribution < -0.4 is 4.90 Å². The standard InChI is InChI=1S/C26H33ClN2O6/c1-6-12-28(20-15(4)8-7-9-16(20)27)23(32)21-26-11-10-25(5,35-26)19(24(33)34)18(26)22(31)29(21)17(13-30)14(2)3/h6-9,14,17-19,21,30H,1,10-13H2,2-5H3,(H,33,34)/t17-,18-,19-,21?,25+,26?/m0/s1. The minimum absolute atomic E-state index is 0.133. The van der Waals surface area contributed by atoms with Gasteiger partial charge < -0.3 is 24.7 Å². The smallest absolute Gasteiger partial charge is 0.310 e. The molecular formula is C26H33ClN2O6. The molecule has 3 saturated heterocycles. The molecule has 2 amide bonds. The topological polar surface area (TPSA) is 107 Å². The number of fused-ring (bicyclic) bond motifs is 1. The monoisotopic (exact) mass is 504 g/mol. The van der Waals surface area contributed by atoms with Gasteiger partial charge in [0.15, 0.2) is 0 Å². The summed E-state index contributed by atoms with van der Waals surface area (Å²) >= 11 is 6.53. The molecule has 0 radical (unpaired) electrons. The average Bonchev–Trinajstić information content (AvgIpc) is 3.34. The van der Waals surface area contributed by atoms with Gasteiger partial charge in [-0.25, -0.2) is 0 Å². The third kappa shape index (κ3) is 3.60. The van der Waals surface area contributed by atoms with Crippen molar-refractivity contribution in [3.8, 4) is 0 Å². The van der Waals surface area contributed by atoms with E-state index in [2.05, 4.69) is 6.58 Å². The number of aliphatic carboxylic acids is 1. The van der Waals surface area contributed by atoms with Crippen LogP contribution in [0.1, 0.15) is 39.2 Å². The van der Waals surface area contributed by atoms with E-state index >= 15 is 0 Å². The Balaban J connectivity index is 1.91. The van der Waals surface area contributed by atoms with Crippen molar-refractivity contribution < 1.29 is 29.3 Å². The lowest BCUT2D eigenvalue weighted by molar-refractivity contribution is -0.156. The quantitative estimate of drug-likeness (QED) is 0.527. The molecule has 35 heavy (non-hydrogen) atoms. The fraction of sp³-hybridized carbons (Fsp3) is 0.577. The van der Waals surface area contributed by atoms with E-state index in [0.29, 0.717) is 23.6 Å². The fourth-order valence-corrected chi connectivity index (χ4v) is 6.85. The predicted molar refractivity (Wildman–Crippen MR) is 131 cm³/mol. The summed E-state index contributed by atoms with van der Waals surface area (Å²) in [6.07, 6.45) is 2.37. The van der Waals surface area contributed by atoms with Crippen molar-refractivity contribution in [1.82, 2.24) is 4.90 Å². The van der Waals surface area contributed by atoms with Crippen LogP contribution in [0.15, 0.2) is 30.9 Å². The molecule has 190 valence electrons. The van der Waals surface area contributed by atoms with Crippen LogP contribution in [0.4, 0.5) is 5.69 Å². The second-order valence-electron chi connectivity index (χ2n) is 10.4. The summed E-state index contributed by atoms with van der Waals surface area (Å²) in [7, 11) is 0. The molecule has 0 aliphatic carbocycles. The molecule has 3 aliphatic rings. The predicted octanol–water partition coefficient (Wildman–Crippen LogP) is 3.03. The molecule has 9 heteroatoms. The highest BCUT2D eigenvalue weighted by Gasteiger charge is 2.79. The number of carbonyl (C=O) groups excluding carboxylic acids is 2. The molecule has 3 fully saturated rings. The zero-order chi connectivity index (χ0) is 25.9. The van der Waals surface area contributed by atoms with Crippen LogP contribution in [0.2, 0.25) is 5.02 Å². The van der Waals surface area contributed by atoms with Crippen LogP contribution in [-0.2, 0) is 19.1 Å². The number of carbonyl (C=O) groups is 3. The van der Waals surface area contributed by atoms with Crippen molar-refractivity contribution >= 4 is 35.1 Å². The normalized spacial score (nSPS) is 32.1. The van der Waals surface area contributed by atoms with Gasteiger partial charge in [-0.1, -0.05) is 43.7 Å². The minimum Gasteiger partial charge on any atom is -0.481 e. The van der Waals surface area contributed by atoms with Crippen molar-refractivity contribution in [1.29, 1.82) is 0 Å². The highest BCUT2D eigenvalue weighted by molar-refractivity contribution is 6.34. The number of aliphatic hydroxyl groups excluding tert-OH is 1. The number of para-hydroxylation sites is 1. The number of rotatable bonds is 8. The van der Waals surface area contributed by atoms with Crippen LogP contribution in [0.5, 0.6) is 0 Å². The molecular weight excluding hydrogens is 472 g/mol. The van der Waals surface area contributed by atoms with Gasteiger partial charge in [-0.15, -0.1) is 6.58 Å². The number of hydrogen-bond acceptors (Lipinski definition) is 5. The third-order valence-electron chi connectivity index (χ3n) is 8.06. The van der Waals surface area contributed by atoms with Crippen molar-refractivity contribution in [2.75, 3.05) is 18.1 Å². The molecule has 3 heterocycles. The Morgan fingerprint density at radius 1 is 1.37 bits per heavy atom. The van der Waals surface area contributed by atoms with Crippen molar-refractivity contribution in [3.63, 3.8) is 0 Å². The number of hydrogen-bond donors (Lipinski definition) is 2. The molecule has 8 nitrogen and oxygen atoms in total. The molecule has 1 aromatic rings. The van der Waals surface area contributed by atoms with Gasteiger partial charge in [0, 0.05) is 6.54 Å². The first kappa shape index (κ1) is 25.7. The van der Waals surface area contributed by atoms with E-state index in [9.17, 15) is 24.6 Å². The third-order valence-corrected chi connectivity index (χ3v) is 8.37. The van der Waals surface area contributed by atoms with Gasteiger partial charge in [-0.2, -0.15) is 0 Å². The molecule has 3 aliphatic heterocycles. The Bertz CT molecular complexity index is 1060. The highest BCUT2D eigenvalue weighted by atomic mass is 35.5. The van der Waals surface area contributed by atoms with Crippen LogP contribution in [0, 0.1) is 24.7 Å². The number of anilines is 1. The zero-order valence-electron chi connectivity index (χ0n) is 20.5. The molecule has 0 saturated carbocycles. The van der Waals surface area contributed by atoms with Crippen LogP contribution in [0.3, 0.4) is 0 Å². The number of carboxylic acids is 1. The Morgan fingerprint density at radius 2 is 2.06 bits per heavy atom. The van der Waals surface area contributed by atoms with Gasteiger partial charge in [-0.3, -0.25) is 14.4 Å². The number of nitrogens with zero attached hydrogens (tertiary/aromatic N) is 2. The van der Waals surface area contributed by atoms with Crippen LogP contribution in [0.25, 0.3) is 0 Å². The average molecular weight is 505 g/mol. The summed E-state index contributed by atoms with van der Waals surface area (Å²) < 4.78 is 6.45. The van der Waals surface area contributed by atoms with Gasteiger partial charge in [0.05, 0.1) is 40.8 Å². The van der Waals surface area contributed by atoms with E-state index in [-0.39, 0.29) is 19.1 Å². The maximum atomic E-state index is 14.5. The summed E-state index contributed by atoms with van der Waals surface area (Å²) in [5.41, 5.74) is -1.08. The Labute approximate surface area is 210 Å². The van der Waals surface area contributed by atoms with Crippen LogP contribution in [-0.4, -0.2) is 69.3 Å². The number of likely N-dealkylation sites (tertiary alicyclic amines) is 1. The van der Waals surface area contributed by atoms with E-state index < -0.39 is 52.9 Å². The summed E-state index contributed by atoms with van der Waals surface area (Å²) in [5.74, 6) is -4.27. The van der Waals surface area contributed by atoms with Gasteiger partial charge in [0.25, 0.3) is 5.91 Å². The van der Waals surface area contributed by atoms with Crippen molar-refractivity contribution in [2.24, 2.45) is 17.8 Å². The van der Waals surface area contributed by atoms with Gasteiger partial charge in [0.2, 0.25) is 5.91 Å². The molecule has 6 atom stereocenters. The second-order valence-corrected chi connectivity index (χ2v) is 10.9. The highest BCUT2D eigenvalue weighted by Crippen LogP contribution is 2.63. The lowest BCUT2D eigenvalue weighted by Crippen LogP contribution is -2.60. The first-order chi connectivity index (χ1) is 16.4. The van der Waals surface area contributed by atoms with Gasteiger partial charge in [-0.05, 0) is 44.2 Å². The number of amides is 2. The summed E-state index contributed by atoms with van der Waals surface area (Å²) in [6, 6.07) is 3.53. The Kier molecular flexibility index (Phi) is 6.53. The Hall–Kier alpha value is -2.42. The zero-order valence-corrected chi connectivity index (χ0v) is 21.3. The number of aliphatic hydroxyl groups is 1. The number of ether oxygens (including phenoxy) is 1. The molecule has 1 spiro atoms. The minimum atomic E-state index is -1.30. The van der Waals surface area contributed by atoms with E-state index in [1.807, 2.05) is 26.8 Å². The van der Waals surface area contributed by atoms with Gasteiger partial charge in [0.1, 0.15) is 11.6 Å². The number of carboxylic acid groups (broad SMARTS) is 1. The number of benzene rings is 1. The van der Waals surface area contributed by atoms with Crippen molar-refractivity contribution in [3.05, 3.63) is 41.4 Å². The first-order valence-electron chi connectivity index (χ1n) is 12.0. The Morgan fingerprint density at radius 3 is 2.60 bits per heavy atom. The maximum Gasteiger partial charge on any atom is 0.310 e. The summed E-state index contributed by atoms with van der Waals surface area (Å²) in [4.78, 5) is 43.7. The molecule has 2 unspecified atom stereocenters. The molecule has 0 aromatic heterocycles. The summed E-state index contributed by atoms with van der Waals surface area (Å²) in [5, 5.41) is 20.7. The fourth-order valence-electron chi connectivity index (χ4n) is 6.53. The van der Waals surface area contributed by atoms with E-state index in [4.69, 9.17) is 16.3 Å². The van der Waals surface area contributed by atoms with Crippen LogP contribution >= 0.6 is 11.6 Å². The maximum absolute atomic E-state index is 14.5. The number of halogens is 1. The lowest BCUT2D eigenvalue weighted by atomic mass is 9.66. The second kappa shape index (κ2) is 8.91. The van der Waals surface area contributed by atoms with E-state index in [1.54, 1.807) is 25.1 Å². The first-order valence-corrected chi connectivity index (χ1v) is 12.4.